The number of unbranched alkanes of at least 4 members (excludes halogenated alkanes) is 4. The zero-order chi connectivity index (χ0) is 91.1. The van der Waals surface area contributed by atoms with Crippen molar-refractivity contribution in [2.24, 2.45) is 11.8 Å². The van der Waals surface area contributed by atoms with E-state index in [9.17, 15) is 84.9 Å². The number of ketones is 2. The molecule has 0 aliphatic carbocycles. The summed E-state index contributed by atoms with van der Waals surface area (Å²) < 4.78 is 94.4. The minimum Gasteiger partial charge on any atom is -0.547 e. The molecule has 0 spiro atoms. The first kappa shape index (κ1) is 111. The number of aliphatic hydroxyl groups excluding tert-OH is 8. The van der Waals surface area contributed by atoms with Crippen molar-refractivity contribution in [2.75, 3.05) is 157 Å². The minimum atomic E-state index is -1.82. The quantitative estimate of drug-likeness (QED) is 0.0111. The minimum absolute atomic E-state index is 0.00308. The summed E-state index contributed by atoms with van der Waals surface area (Å²) in [6, 6.07) is 11.3. The van der Waals surface area contributed by atoms with Gasteiger partial charge in [-0.1, -0.05) is 89.8 Å². The molecule has 122 heavy (non-hydrogen) atoms. The highest BCUT2D eigenvalue weighted by atomic mass is 127. The van der Waals surface area contributed by atoms with Gasteiger partial charge in [0, 0.05) is 55.5 Å². The first-order valence-corrected chi connectivity index (χ1v) is 43.6. The molecule has 20 atom stereocenters. The molecule has 37 nitrogen and oxygen atoms in total. The molecule has 12 N–H and O–H groups in total. The topological polar surface area (TPSA) is 509 Å². The molecule has 38 heteroatoms. The first-order chi connectivity index (χ1) is 58.0. The van der Waals surface area contributed by atoms with Gasteiger partial charge >= 0.3 is 5.97 Å². The average Bonchev–Trinajstić information content (AvgIpc) is 0.780. The van der Waals surface area contributed by atoms with Gasteiger partial charge in [-0.15, -0.1) is 0 Å². The largest absolute Gasteiger partial charge is 0.547 e. The van der Waals surface area contributed by atoms with Crippen molar-refractivity contribution < 1.29 is 170 Å². The number of carbonyl (C=O) groups excluding carboxylic acids is 6. The number of esters is 1. The van der Waals surface area contributed by atoms with Crippen LogP contribution in [0.2, 0.25) is 0 Å². The molecule has 4 saturated heterocycles. The molecule has 4 fully saturated rings. The van der Waals surface area contributed by atoms with Crippen LogP contribution in [0.1, 0.15) is 155 Å². The molecule has 704 valence electrons. The van der Waals surface area contributed by atoms with Crippen LogP contribution in [0, 0.1) is 11.8 Å². The van der Waals surface area contributed by atoms with Crippen LogP contribution < -0.4 is 25.2 Å². The number of aliphatic hydroxyl groups is 10. The van der Waals surface area contributed by atoms with Gasteiger partial charge in [0.05, 0.1) is 149 Å². The van der Waals surface area contributed by atoms with Crippen molar-refractivity contribution >= 4 is 57.9 Å². The van der Waals surface area contributed by atoms with Gasteiger partial charge in [0.15, 0.2) is 42.8 Å². The summed E-state index contributed by atoms with van der Waals surface area (Å²) in [5, 5.41) is 118. The van der Waals surface area contributed by atoms with Gasteiger partial charge in [-0.3, -0.25) is 19.2 Å². The number of nitrogens with one attached hydrogen (secondary N) is 2. The number of hydrogen-bond acceptors (Lipinski definition) is 34. The zero-order valence-corrected chi connectivity index (χ0v) is 75.6. The van der Waals surface area contributed by atoms with E-state index in [1.54, 1.807) is 62.4 Å². The van der Waals surface area contributed by atoms with Crippen molar-refractivity contribution in [3.8, 4) is 11.5 Å². The Labute approximate surface area is 731 Å². The van der Waals surface area contributed by atoms with Gasteiger partial charge in [0.2, 0.25) is 11.8 Å². The number of quaternary nitrogens is 1. The predicted octanol–water partition coefficient (Wildman–Crippen LogP) is 1.25. The van der Waals surface area contributed by atoms with E-state index < -0.39 is 170 Å². The Morgan fingerprint density at radius 3 is 1.06 bits per heavy atom. The van der Waals surface area contributed by atoms with Crippen molar-refractivity contribution in [3.63, 3.8) is 0 Å². The normalized spacial score (nSPS) is 26.7. The van der Waals surface area contributed by atoms with Crippen molar-refractivity contribution in [2.45, 2.75) is 256 Å². The maximum Gasteiger partial charge on any atom is 0.338 e. The molecule has 0 aromatic heterocycles. The summed E-state index contributed by atoms with van der Waals surface area (Å²) >= 11 is 2.26. The number of alkyl halides is 1. The molecule has 2 aromatic rings. The fourth-order valence-electron chi connectivity index (χ4n) is 13.3. The lowest BCUT2D eigenvalue weighted by Crippen LogP contribution is -2.67. The third-order valence-corrected chi connectivity index (χ3v) is 20.8. The van der Waals surface area contributed by atoms with E-state index in [0.717, 1.165) is 18.1 Å². The SMILES string of the molecule is CC(C)(O)C(=O)c1ccc(OCCOCCOCCOCCI)cc1.CCCC[N+](CCCC)(CCCC)CCCC.COC1OC(C(=O)OCCOCCOCCOCCOc2ccc(C(=O)C(C)(C)O)cc2)[C@@H](O[C@@H]2OC(CO)C(O)[C@H](C)C2NC(C)=O)C(O)C1O.COC1OC(C(=O)[O-])[C@@H](O[C@@H]2OC(CO)C(O)[C@H](C)C2NC(C)=O)C(O)C1O. The van der Waals surface area contributed by atoms with E-state index in [4.69, 9.17) is 80.5 Å². The highest BCUT2D eigenvalue weighted by Crippen LogP contribution is 2.35. The van der Waals surface area contributed by atoms with E-state index >= 15 is 0 Å². The summed E-state index contributed by atoms with van der Waals surface area (Å²) in [6.45, 7) is 30.6. The summed E-state index contributed by atoms with van der Waals surface area (Å²) in [6.07, 6.45) is -12.4. The smallest absolute Gasteiger partial charge is 0.338 e. The van der Waals surface area contributed by atoms with Crippen molar-refractivity contribution in [3.05, 3.63) is 59.7 Å². The summed E-state index contributed by atoms with van der Waals surface area (Å²) in [4.78, 5) is 72.0. The molecule has 0 bridgehead atoms. The number of carbonyl (C=O) groups is 6. The highest BCUT2D eigenvalue weighted by Gasteiger charge is 2.54. The maximum absolute atomic E-state index is 13.1. The monoisotopic (exact) mass is 1860 g/mol. The number of ether oxygens (including phenoxy) is 17. The van der Waals surface area contributed by atoms with Crippen LogP contribution in [-0.4, -0.2) is 370 Å². The molecular formula is C84H142IN3O34. The second kappa shape index (κ2) is 59.9. The molecule has 0 saturated carbocycles. The Morgan fingerprint density at radius 1 is 0.451 bits per heavy atom. The Balaban J connectivity index is 0.000000462. The molecule has 4 heterocycles. The number of hydrogen-bond donors (Lipinski definition) is 12. The Morgan fingerprint density at radius 2 is 0.762 bits per heavy atom. The Kier molecular flexibility index (Phi) is 54.6. The van der Waals surface area contributed by atoms with Gasteiger partial charge in [-0.2, -0.15) is 0 Å². The van der Waals surface area contributed by atoms with Gasteiger partial charge in [0.25, 0.3) is 0 Å². The number of Topliss-reactive ketones (excluding diaryl/α,β-unsaturated/α-hetero) is 2. The fraction of sp³-hybridized carbons (Fsp3) is 0.786. The third kappa shape index (κ3) is 38.9. The summed E-state index contributed by atoms with van der Waals surface area (Å²) in [7, 11) is 2.36. The maximum atomic E-state index is 13.1. The van der Waals surface area contributed by atoms with Gasteiger partial charge < -0.3 is 157 Å². The van der Waals surface area contributed by atoms with Crippen LogP contribution in [-0.2, 0) is 90.2 Å². The summed E-state index contributed by atoms with van der Waals surface area (Å²) in [5.74, 6) is -4.44. The lowest BCUT2D eigenvalue weighted by atomic mass is 9.88. The molecule has 4 aliphatic heterocycles. The van der Waals surface area contributed by atoms with Crippen LogP contribution in [0.25, 0.3) is 0 Å². The van der Waals surface area contributed by atoms with Crippen LogP contribution in [0.5, 0.6) is 11.5 Å². The number of carboxylic acid groups (broad SMARTS) is 1. The number of nitrogens with zero attached hydrogens (tertiary/aromatic N) is 1. The first-order valence-electron chi connectivity index (χ1n) is 42.1. The van der Waals surface area contributed by atoms with E-state index in [1.165, 1.54) is 131 Å². The van der Waals surface area contributed by atoms with Gasteiger partial charge in [0.1, 0.15) is 97.5 Å². The summed E-state index contributed by atoms with van der Waals surface area (Å²) in [5.41, 5.74) is -1.99. The van der Waals surface area contributed by atoms with Crippen LogP contribution in [0.4, 0.5) is 0 Å². The lowest BCUT2D eigenvalue weighted by Gasteiger charge is -2.47. The fourth-order valence-corrected chi connectivity index (χ4v) is 13.7. The van der Waals surface area contributed by atoms with E-state index in [2.05, 4.69) is 60.9 Å². The Hall–Kier alpha value is -5.01. The number of amides is 2. The number of halogens is 1. The van der Waals surface area contributed by atoms with Crippen molar-refractivity contribution in [1.29, 1.82) is 0 Å². The lowest BCUT2D eigenvalue weighted by molar-refractivity contribution is -0.929. The number of methoxy groups -OCH3 is 2. The molecule has 6 rings (SSSR count). The molecule has 2 amide bonds. The number of rotatable bonds is 53. The number of aliphatic carboxylic acids is 1. The van der Waals surface area contributed by atoms with E-state index in [0.29, 0.717) is 82.1 Å². The molecule has 14 unspecified atom stereocenters. The second-order valence-corrected chi connectivity index (χ2v) is 32.2. The molecule has 4 aliphatic rings. The Bertz CT molecular complexity index is 3160. The van der Waals surface area contributed by atoms with Crippen molar-refractivity contribution in [1.82, 2.24) is 10.6 Å². The number of benzene rings is 2. The third-order valence-electron chi connectivity index (χ3n) is 20.3. The highest BCUT2D eigenvalue weighted by molar-refractivity contribution is 14.1. The average molecular weight is 1860 g/mol. The number of carboxylic acids is 1. The zero-order valence-electron chi connectivity index (χ0n) is 73.5. The standard InChI is InChI=1S/C34H53NO17.C18H27IO6.C16H27NO11.C16H36N/c1-19-24(35-20(2)37)32(50-23(18-36)25(19)38)51-28-26(39)27(40)33(44-5)52-29(28)31(42)49-17-15-47-13-11-45-10-12-46-14-16-48-22-8-6-21(7-9-22)30(41)34(3,4)43;1-18(2,21)17(20)15-3-5-16(6-4-15)25-14-13-24-12-11-23-10-9-22-8-7-19;1-5-8(17-6(2)19)15(26-7(4-18)9(5)20)27-12-10(21)11(22)16(25-3)28-13(12)14(23)24;1-5-9-13-17(14-10-6-2,15-11-7-3)16-12-8-4/h6-9,19,23-29,32-33,36,38-40,43H,10-18H2,1-5H3,(H,35,37);3-6,21H,7-14H2,1-2H3;5,7-13,15-16,18,20-22H,4H2,1-3H3,(H,17,19)(H,23,24);5-16H2,1-4H3/q;;;+1/p-1/t19-,23?,24?,25?,26?,27?,28+,29?,32+,33?;;5-,7?,8?,9?,10?,11?,12+,13?,15+,16?;/m1.1./s1. The molecule has 2 aromatic carbocycles. The van der Waals surface area contributed by atoms with Crippen LogP contribution in [0.3, 0.4) is 0 Å². The van der Waals surface area contributed by atoms with Gasteiger partial charge in [-0.05, 0) is 102 Å². The predicted molar refractivity (Wildman–Crippen MR) is 446 cm³/mol. The van der Waals surface area contributed by atoms with Crippen LogP contribution >= 0.6 is 22.6 Å². The molecule has 0 radical (unpaired) electrons. The van der Waals surface area contributed by atoms with Gasteiger partial charge in [-0.25, -0.2) is 4.79 Å². The van der Waals surface area contributed by atoms with E-state index in [-0.39, 0.29) is 44.6 Å². The van der Waals surface area contributed by atoms with E-state index in [1.807, 2.05) is 0 Å². The molecular weight excluding hydrogens is 1720 g/mol. The second-order valence-electron chi connectivity index (χ2n) is 31.1. The van der Waals surface area contributed by atoms with Crippen LogP contribution in [0.15, 0.2) is 48.5 Å².